The number of benzene rings is 2. The molecule has 35 heavy (non-hydrogen) atoms. The molecule has 2 aliphatic rings. The molecule has 0 aromatic heterocycles. The number of aliphatic carboxylic acids is 1. The third kappa shape index (κ3) is 5.03. The number of carboxylic acids is 1. The third-order valence-electron chi connectivity index (χ3n) is 6.43. The average molecular weight is 484 g/mol. The van der Waals surface area contributed by atoms with Crippen LogP contribution in [0.5, 0.6) is 0 Å². The molecule has 0 radical (unpaired) electrons. The first-order valence-electron chi connectivity index (χ1n) is 11.4. The summed E-state index contributed by atoms with van der Waals surface area (Å²) < 4.78 is 33.3. The lowest BCUT2D eigenvalue weighted by atomic mass is 9.98. The lowest BCUT2D eigenvalue weighted by Gasteiger charge is -2.26. The smallest absolute Gasteiger partial charge is 0.407 e. The molecule has 2 amide bonds. The summed E-state index contributed by atoms with van der Waals surface area (Å²) in [5.74, 6) is -5.90. The van der Waals surface area contributed by atoms with Gasteiger partial charge in [0, 0.05) is 12.3 Å². The molecule has 2 unspecified atom stereocenters. The van der Waals surface area contributed by atoms with Gasteiger partial charge in [-0.1, -0.05) is 54.6 Å². The van der Waals surface area contributed by atoms with Crippen molar-refractivity contribution in [2.75, 3.05) is 13.2 Å². The van der Waals surface area contributed by atoms with E-state index in [-0.39, 0.29) is 18.9 Å². The van der Waals surface area contributed by atoms with Crippen LogP contribution in [0.3, 0.4) is 0 Å². The fraction of sp³-hybridized carbons (Fsp3) is 0.346. The van der Waals surface area contributed by atoms with Crippen molar-refractivity contribution in [2.24, 2.45) is 0 Å². The Morgan fingerprint density at radius 3 is 2.31 bits per heavy atom. The maximum absolute atomic E-state index is 13.9. The molecule has 4 rings (SSSR count). The van der Waals surface area contributed by atoms with Gasteiger partial charge in [-0.25, -0.2) is 18.4 Å². The molecular weight excluding hydrogens is 458 g/mol. The van der Waals surface area contributed by atoms with E-state index in [2.05, 4.69) is 11.9 Å². The van der Waals surface area contributed by atoms with Gasteiger partial charge in [0.15, 0.2) is 0 Å². The second-order valence-electron chi connectivity index (χ2n) is 8.77. The molecule has 2 atom stereocenters. The maximum Gasteiger partial charge on any atom is 0.407 e. The Labute approximate surface area is 201 Å². The number of allylic oxidation sites excluding steroid dienone is 1. The fourth-order valence-electron chi connectivity index (χ4n) is 4.79. The molecule has 1 aliphatic heterocycles. The van der Waals surface area contributed by atoms with E-state index < -0.39 is 48.9 Å². The van der Waals surface area contributed by atoms with Gasteiger partial charge < -0.3 is 20.1 Å². The van der Waals surface area contributed by atoms with Gasteiger partial charge in [-0.15, -0.1) is 6.58 Å². The monoisotopic (exact) mass is 484 g/mol. The lowest BCUT2D eigenvalue weighted by molar-refractivity contribution is -0.149. The molecule has 2 aromatic carbocycles. The molecule has 2 N–H and O–H groups in total. The molecule has 0 saturated carbocycles. The van der Waals surface area contributed by atoms with Gasteiger partial charge in [-0.05, 0) is 35.1 Å². The van der Waals surface area contributed by atoms with Crippen molar-refractivity contribution in [3.8, 4) is 11.1 Å². The normalized spacial score (nSPS) is 18.9. The minimum Gasteiger partial charge on any atom is -0.480 e. The molecule has 0 bridgehead atoms. The highest BCUT2D eigenvalue weighted by molar-refractivity contribution is 5.90. The summed E-state index contributed by atoms with van der Waals surface area (Å²) in [5.41, 5.74) is 4.16. The number of alkyl halides is 2. The number of fused-ring (bicyclic) bond motifs is 3. The Bertz CT molecular complexity index is 1110. The summed E-state index contributed by atoms with van der Waals surface area (Å²) >= 11 is 0. The minimum atomic E-state index is -3.31. The molecule has 1 heterocycles. The molecule has 2 aromatic rings. The number of hydrogen-bond acceptors (Lipinski definition) is 4. The van der Waals surface area contributed by atoms with E-state index in [9.17, 15) is 28.3 Å². The van der Waals surface area contributed by atoms with Crippen LogP contribution in [0.1, 0.15) is 36.3 Å². The largest absolute Gasteiger partial charge is 0.480 e. The van der Waals surface area contributed by atoms with Crippen molar-refractivity contribution >= 4 is 18.0 Å². The number of halogens is 2. The van der Waals surface area contributed by atoms with Crippen LogP contribution in [0.4, 0.5) is 13.6 Å². The first-order valence-corrected chi connectivity index (χ1v) is 11.4. The van der Waals surface area contributed by atoms with Gasteiger partial charge in [0.05, 0.1) is 6.54 Å². The van der Waals surface area contributed by atoms with Gasteiger partial charge in [-0.3, -0.25) is 4.79 Å². The zero-order valence-electron chi connectivity index (χ0n) is 19.0. The molecule has 1 fully saturated rings. The topological polar surface area (TPSA) is 95.9 Å². The van der Waals surface area contributed by atoms with Crippen LogP contribution in [-0.2, 0) is 14.3 Å². The van der Waals surface area contributed by atoms with Gasteiger partial charge in [-0.2, -0.15) is 0 Å². The number of nitrogens with one attached hydrogen (secondary N) is 1. The van der Waals surface area contributed by atoms with E-state index in [0.717, 1.165) is 22.3 Å². The van der Waals surface area contributed by atoms with Gasteiger partial charge in [0.1, 0.15) is 18.7 Å². The Balaban J connectivity index is 1.46. The summed E-state index contributed by atoms with van der Waals surface area (Å²) in [6.45, 7) is 2.58. The average Bonchev–Trinajstić information content (AvgIpc) is 3.34. The Hall–Kier alpha value is -3.75. The summed E-state index contributed by atoms with van der Waals surface area (Å²) in [7, 11) is 0. The van der Waals surface area contributed by atoms with Gasteiger partial charge >= 0.3 is 12.1 Å². The van der Waals surface area contributed by atoms with Gasteiger partial charge in [0.2, 0.25) is 5.91 Å². The van der Waals surface area contributed by atoms with E-state index in [1.54, 1.807) is 0 Å². The highest BCUT2D eigenvalue weighted by atomic mass is 19.3. The summed E-state index contributed by atoms with van der Waals surface area (Å²) in [6, 6.07) is 12.8. The maximum atomic E-state index is 13.9. The zero-order chi connectivity index (χ0) is 25.2. The number of carboxylic acid groups (broad SMARTS) is 1. The van der Waals surface area contributed by atoms with Crippen molar-refractivity contribution in [3.05, 3.63) is 72.3 Å². The first-order chi connectivity index (χ1) is 16.7. The summed E-state index contributed by atoms with van der Waals surface area (Å²) in [4.78, 5) is 37.8. The SMILES string of the molecule is C=CCCC(NC(=O)OCC1c2ccccc2-c2ccccc21)C(=O)N1CC(F)(F)CC1C(=O)O. The zero-order valence-corrected chi connectivity index (χ0v) is 19.0. The van der Waals surface area contributed by atoms with Crippen LogP contribution < -0.4 is 5.32 Å². The highest BCUT2D eigenvalue weighted by Gasteiger charge is 2.51. The molecule has 0 spiro atoms. The second kappa shape index (κ2) is 9.85. The number of hydrogen-bond donors (Lipinski definition) is 2. The molecule has 9 heteroatoms. The number of carbonyl (C=O) groups excluding carboxylic acids is 2. The molecule has 184 valence electrons. The van der Waals surface area contributed by atoms with E-state index >= 15 is 0 Å². The van der Waals surface area contributed by atoms with Crippen LogP contribution in [0.25, 0.3) is 11.1 Å². The molecule has 7 nitrogen and oxygen atoms in total. The predicted molar refractivity (Wildman–Crippen MR) is 124 cm³/mol. The first kappa shape index (κ1) is 24.4. The van der Waals surface area contributed by atoms with Crippen molar-refractivity contribution in [2.45, 2.75) is 43.2 Å². The number of nitrogens with zero attached hydrogens (tertiary/aromatic N) is 1. The Kier molecular flexibility index (Phi) is 6.86. The predicted octanol–water partition coefficient (Wildman–Crippen LogP) is 4.18. The molecule has 1 aliphatic carbocycles. The summed E-state index contributed by atoms with van der Waals surface area (Å²) in [5, 5.41) is 11.8. The third-order valence-corrected chi connectivity index (χ3v) is 6.43. The quantitative estimate of drug-likeness (QED) is 0.548. The molecular formula is C26H26F2N2O5. The number of amides is 2. The highest BCUT2D eigenvalue weighted by Crippen LogP contribution is 2.44. The standard InChI is InChI=1S/C26H26F2N2O5/c1-2-3-12-21(23(31)30-15-26(27,28)13-22(30)24(32)33)29-25(34)35-14-20-18-10-6-4-8-16(18)17-9-5-7-11-19(17)20/h2,4-11,20-22H,1,3,12-15H2,(H,29,34)(H,32,33). The van der Waals surface area contributed by atoms with Crippen molar-refractivity contribution in [3.63, 3.8) is 0 Å². The molecule has 1 saturated heterocycles. The minimum absolute atomic E-state index is 0.0156. The van der Waals surface area contributed by atoms with E-state index in [1.807, 2.05) is 48.5 Å². The summed E-state index contributed by atoms with van der Waals surface area (Å²) in [6.07, 6.45) is 0.0513. The number of alkyl carbamates (subject to hydrolysis) is 1. The van der Waals surface area contributed by atoms with E-state index in [1.165, 1.54) is 6.08 Å². The van der Waals surface area contributed by atoms with Crippen LogP contribution in [0.2, 0.25) is 0 Å². The van der Waals surface area contributed by atoms with Crippen molar-refractivity contribution < 1.29 is 33.0 Å². The number of ether oxygens (including phenoxy) is 1. The van der Waals surface area contributed by atoms with Crippen LogP contribution in [0, 0.1) is 0 Å². The van der Waals surface area contributed by atoms with E-state index in [0.29, 0.717) is 11.3 Å². The fourth-order valence-corrected chi connectivity index (χ4v) is 4.79. The lowest BCUT2D eigenvalue weighted by Crippen LogP contribution is -2.52. The van der Waals surface area contributed by atoms with Crippen LogP contribution in [-0.4, -0.2) is 59.1 Å². The number of rotatable bonds is 8. The van der Waals surface area contributed by atoms with Crippen molar-refractivity contribution in [1.29, 1.82) is 0 Å². The number of likely N-dealkylation sites (tertiary alicyclic amines) is 1. The number of carbonyl (C=O) groups is 3. The van der Waals surface area contributed by atoms with Gasteiger partial charge in [0.25, 0.3) is 5.92 Å². The van der Waals surface area contributed by atoms with Crippen LogP contribution >= 0.6 is 0 Å². The van der Waals surface area contributed by atoms with E-state index in [4.69, 9.17) is 4.74 Å². The van der Waals surface area contributed by atoms with Crippen LogP contribution in [0.15, 0.2) is 61.2 Å². The van der Waals surface area contributed by atoms with Crippen molar-refractivity contribution in [1.82, 2.24) is 10.2 Å². The Morgan fingerprint density at radius 1 is 1.14 bits per heavy atom. The Morgan fingerprint density at radius 2 is 1.74 bits per heavy atom. The second-order valence-corrected chi connectivity index (χ2v) is 8.77.